The summed E-state index contributed by atoms with van der Waals surface area (Å²) in [7, 11) is 0. The molecule has 0 heterocycles. The molecule has 0 saturated carbocycles. The molecule has 0 aliphatic heterocycles. The number of hydrogen-bond acceptors (Lipinski definition) is 3. The summed E-state index contributed by atoms with van der Waals surface area (Å²) in [6.07, 6.45) is 7.17. The van der Waals surface area contributed by atoms with Crippen LogP contribution in [-0.4, -0.2) is 39.6 Å². The van der Waals surface area contributed by atoms with E-state index in [1.165, 1.54) is 12.8 Å². The van der Waals surface area contributed by atoms with E-state index in [1.807, 2.05) is 13.8 Å². The highest BCUT2D eigenvalue weighted by Gasteiger charge is 2.16. The third-order valence-electron chi connectivity index (χ3n) is 6.23. The van der Waals surface area contributed by atoms with Crippen molar-refractivity contribution in [2.45, 2.75) is 177 Å². The van der Waals surface area contributed by atoms with Crippen molar-refractivity contribution in [3.63, 3.8) is 0 Å². The highest BCUT2D eigenvalue weighted by atomic mass is 16.5. The van der Waals surface area contributed by atoms with Gasteiger partial charge in [-0.2, -0.15) is 0 Å². The highest BCUT2D eigenvalue weighted by molar-refractivity contribution is 4.89. The fourth-order valence-corrected chi connectivity index (χ4v) is 2.69. The molecule has 0 aliphatic rings. The largest absolute Gasteiger partial charge is 0.381 e. The topological polar surface area (TPSA) is 27.7 Å². The van der Waals surface area contributed by atoms with Crippen molar-refractivity contribution in [3.05, 3.63) is 0 Å². The Morgan fingerprint density at radius 1 is 0.279 bits per heavy atom. The van der Waals surface area contributed by atoms with E-state index in [2.05, 4.69) is 136 Å². The fraction of sp³-hybridized carbons (Fsp3) is 0.950. The maximum Gasteiger partial charge on any atom is 0.0700 e. The number of ether oxygens (including phenoxy) is 3. The van der Waals surface area contributed by atoms with Gasteiger partial charge in [0.15, 0.2) is 0 Å². The van der Waals surface area contributed by atoms with E-state index in [1.54, 1.807) is 0 Å². The van der Waals surface area contributed by atoms with Gasteiger partial charge in [0.25, 0.3) is 0 Å². The first-order chi connectivity index (χ1) is 19.0. The van der Waals surface area contributed by atoms with Crippen molar-refractivity contribution in [1.82, 2.24) is 0 Å². The van der Waals surface area contributed by atoms with Gasteiger partial charge in [0.1, 0.15) is 0 Å². The molecule has 0 saturated heterocycles. The molecule has 0 fully saturated rings. The predicted octanol–water partition coefficient (Wildman–Crippen LogP) is 12.7. The average molecular weight is 613 g/mol. The van der Waals surface area contributed by atoms with Gasteiger partial charge in [-0.3, -0.25) is 0 Å². The van der Waals surface area contributed by atoms with Gasteiger partial charge in [-0.25, -0.2) is 0 Å². The molecule has 0 aromatic carbocycles. The van der Waals surface area contributed by atoms with Crippen molar-refractivity contribution in [3.8, 4) is 11.8 Å². The second-order valence-electron chi connectivity index (χ2n) is 19.2. The molecular weight excluding hydrogens is 528 g/mol. The van der Waals surface area contributed by atoms with Gasteiger partial charge in [-0.1, -0.05) is 125 Å². The maximum atomic E-state index is 5.59. The average Bonchev–Trinajstić information content (AvgIpc) is 2.76. The summed E-state index contributed by atoms with van der Waals surface area (Å²) in [6.45, 7) is 49.3. The Balaban J connectivity index is -0.000000255. The molecule has 0 N–H and O–H groups in total. The van der Waals surface area contributed by atoms with Crippen LogP contribution in [0.25, 0.3) is 0 Å². The molecule has 0 atom stereocenters. The van der Waals surface area contributed by atoms with E-state index >= 15 is 0 Å². The highest BCUT2D eigenvalue weighted by Crippen LogP contribution is 2.29. The summed E-state index contributed by atoms with van der Waals surface area (Å²) < 4.78 is 16.6. The van der Waals surface area contributed by atoms with Crippen LogP contribution in [0.3, 0.4) is 0 Å². The van der Waals surface area contributed by atoms with Gasteiger partial charge in [0.2, 0.25) is 0 Å². The summed E-state index contributed by atoms with van der Waals surface area (Å²) in [5.41, 5.74) is 2.56. The quantitative estimate of drug-likeness (QED) is 0.162. The first-order valence-corrected chi connectivity index (χ1v) is 17.1. The molecule has 0 spiro atoms. The van der Waals surface area contributed by atoms with E-state index in [4.69, 9.17) is 14.2 Å². The van der Waals surface area contributed by atoms with E-state index in [0.29, 0.717) is 32.5 Å². The predicted molar refractivity (Wildman–Crippen MR) is 196 cm³/mol. The Labute approximate surface area is 274 Å². The molecule has 0 aromatic heterocycles. The molecule has 0 aromatic rings. The van der Waals surface area contributed by atoms with Crippen molar-refractivity contribution >= 4 is 0 Å². The lowest BCUT2D eigenvalue weighted by Crippen LogP contribution is -2.14. The lowest BCUT2D eigenvalue weighted by Gasteiger charge is -2.24. The number of hydrogen-bond donors (Lipinski definition) is 0. The molecule has 0 radical (unpaired) electrons. The summed E-state index contributed by atoms with van der Waals surface area (Å²) in [5, 5.41) is 0. The zero-order chi connectivity index (χ0) is 35.0. The second-order valence-corrected chi connectivity index (χ2v) is 19.2. The summed E-state index contributed by atoms with van der Waals surface area (Å²) in [5.74, 6) is 5.36. The Bertz CT molecular complexity index is 597. The van der Waals surface area contributed by atoms with Crippen molar-refractivity contribution in [2.75, 3.05) is 39.6 Å². The summed E-state index contributed by atoms with van der Waals surface area (Å²) >= 11 is 0. The molecule has 3 nitrogen and oxygen atoms in total. The Hall–Kier alpha value is -0.560. The molecule has 0 rings (SSSR count). The first-order valence-electron chi connectivity index (χ1n) is 17.1. The normalized spacial score (nSPS) is 12.5. The molecule has 43 heavy (non-hydrogen) atoms. The van der Waals surface area contributed by atoms with E-state index in [9.17, 15) is 0 Å². The standard InChI is InChI=1S/C14H30O2.C12H26O.C10H22.C4H6/c1-13(2,3)7-9-15-11-12-16-10-8-14(4,5)6;1-11(2,3)7-9-13-10-8-12(4,5)6;1-9(2,3)7-8-10(4,5)6;1-3-4-2/h7-12H2,1-6H3;7-10H2,1-6H3;7-8H2,1-6H3;1-2H3. The fourth-order valence-electron chi connectivity index (χ4n) is 2.69. The lowest BCUT2D eigenvalue weighted by molar-refractivity contribution is 0.0312. The van der Waals surface area contributed by atoms with Gasteiger partial charge in [0.05, 0.1) is 13.2 Å². The van der Waals surface area contributed by atoms with Crippen LogP contribution >= 0.6 is 0 Å². The molecule has 0 aliphatic carbocycles. The monoisotopic (exact) mass is 613 g/mol. The molecule has 3 heteroatoms. The second kappa shape index (κ2) is 24.6. The van der Waals surface area contributed by atoms with Crippen LogP contribution in [0.2, 0.25) is 0 Å². The van der Waals surface area contributed by atoms with Crippen LogP contribution in [0.1, 0.15) is 177 Å². The summed E-state index contributed by atoms with van der Waals surface area (Å²) in [6, 6.07) is 0. The molecule has 0 unspecified atom stereocenters. The molecule has 0 bridgehead atoms. The van der Waals surface area contributed by atoms with Crippen molar-refractivity contribution < 1.29 is 14.2 Å². The minimum absolute atomic E-state index is 0.368. The van der Waals surface area contributed by atoms with E-state index in [0.717, 1.165) is 65.3 Å². The zero-order valence-corrected chi connectivity index (χ0v) is 33.7. The van der Waals surface area contributed by atoms with Crippen LogP contribution in [0, 0.1) is 44.3 Å². The maximum absolute atomic E-state index is 5.59. The molecular formula is C40H84O3. The smallest absolute Gasteiger partial charge is 0.0700 e. The van der Waals surface area contributed by atoms with Gasteiger partial charge < -0.3 is 14.2 Å². The van der Waals surface area contributed by atoms with Gasteiger partial charge >= 0.3 is 0 Å². The molecule has 0 amide bonds. The minimum atomic E-state index is 0.368. The molecule has 262 valence electrons. The van der Waals surface area contributed by atoms with Crippen LogP contribution in [0.15, 0.2) is 0 Å². The summed E-state index contributed by atoms with van der Waals surface area (Å²) in [4.78, 5) is 0. The Kier molecular flexibility index (Phi) is 28.3. The van der Waals surface area contributed by atoms with Crippen molar-refractivity contribution in [2.24, 2.45) is 32.5 Å². The first kappa shape index (κ1) is 49.3. The Morgan fingerprint density at radius 2 is 0.442 bits per heavy atom. The van der Waals surface area contributed by atoms with E-state index in [-0.39, 0.29) is 0 Å². The van der Waals surface area contributed by atoms with Gasteiger partial charge in [-0.05, 0) is 84.9 Å². The van der Waals surface area contributed by atoms with E-state index < -0.39 is 0 Å². The van der Waals surface area contributed by atoms with Crippen molar-refractivity contribution in [1.29, 1.82) is 0 Å². The van der Waals surface area contributed by atoms with Crippen LogP contribution < -0.4 is 0 Å². The SMILES string of the molecule is CC#CC.CC(C)(C)CCC(C)(C)C.CC(C)(C)CCOCCC(C)(C)C.CC(C)(C)CCOCCOCCC(C)(C)C. The lowest BCUT2D eigenvalue weighted by atomic mass is 9.81. The van der Waals surface area contributed by atoms with Crippen LogP contribution in [0.4, 0.5) is 0 Å². The zero-order valence-electron chi connectivity index (χ0n) is 33.7. The minimum Gasteiger partial charge on any atom is -0.381 e. The Morgan fingerprint density at radius 3 is 0.581 bits per heavy atom. The van der Waals surface area contributed by atoms with Crippen LogP contribution in [-0.2, 0) is 14.2 Å². The van der Waals surface area contributed by atoms with Gasteiger partial charge in [-0.15, -0.1) is 11.8 Å². The van der Waals surface area contributed by atoms with Gasteiger partial charge in [0, 0.05) is 26.4 Å². The third kappa shape index (κ3) is 69.6. The van der Waals surface area contributed by atoms with Crippen LogP contribution in [0.5, 0.6) is 0 Å². The third-order valence-corrected chi connectivity index (χ3v) is 6.23. The number of rotatable bonds is 12.